The van der Waals surface area contributed by atoms with Crippen LogP contribution in [0.15, 0.2) is 24.3 Å². The van der Waals surface area contributed by atoms with Crippen LogP contribution in [-0.2, 0) is 28.6 Å². The highest BCUT2D eigenvalue weighted by molar-refractivity contribution is 14.1. The maximum absolute atomic E-state index is 11.3. The Labute approximate surface area is 144 Å². The van der Waals surface area contributed by atoms with Gasteiger partial charge in [0, 0.05) is 22.3 Å². The Morgan fingerprint density at radius 1 is 0.955 bits per heavy atom. The van der Waals surface area contributed by atoms with E-state index in [-0.39, 0.29) is 13.1 Å². The molecule has 1 aromatic carbocycles. The van der Waals surface area contributed by atoms with Crippen LogP contribution in [-0.4, -0.2) is 54.6 Å². The molecule has 22 heavy (non-hydrogen) atoms. The van der Waals surface area contributed by atoms with Gasteiger partial charge in [0.05, 0.1) is 12.5 Å². The Kier molecular flexibility index (Phi) is 5.37. The van der Waals surface area contributed by atoms with Gasteiger partial charge in [-0.2, -0.15) is 16.8 Å². The molecule has 0 saturated carbocycles. The Morgan fingerprint density at radius 2 is 1.36 bits per heavy atom. The first-order valence-corrected chi connectivity index (χ1v) is 11.0. The monoisotopic (exact) mass is 461 g/mol. The minimum atomic E-state index is -3.71. The van der Waals surface area contributed by atoms with E-state index in [2.05, 4.69) is 22.6 Å². The van der Waals surface area contributed by atoms with E-state index in [1.807, 2.05) is 29.2 Å². The maximum Gasteiger partial charge on any atom is 0.264 e. The molecule has 0 radical (unpaired) electrons. The van der Waals surface area contributed by atoms with Gasteiger partial charge in [0.15, 0.2) is 0 Å². The fraction of sp³-hybridized carbons (Fsp3) is 0.500. The molecule has 0 bridgehead atoms. The lowest BCUT2D eigenvalue weighted by molar-refractivity contribution is 0.102. The van der Waals surface area contributed by atoms with Gasteiger partial charge in [-0.3, -0.25) is 8.37 Å². The standard InChI is InChI=1S/C12H16INO6S2/c1-21(15,16)19-11-7-14(8-12(11)20-22(2,17)18)10-5-3-9(13)4-6-10/h3-6,11-12H,7-8H2,1-2H3/t11-,12-/m0/s1. The van der Waals surface area contributed by atoms with E-state index in [9.17, 15) is 16.8 Å². The second kappa shape index (κ2) is 6.59. The summed E-state index contributed by atoms with van der Waals surface area (Å²) >= 11 is 2.18. The smallest absolute Gasteiger partial charge is 0.264 e. The minimum Gasteiger partial charge on any atom is -0.366 e. The molecule has 1 aliphatic heterocycles. The Bertz CT molecular complexity index is 689. The van der Waals surface area contributed by atoms with Gasteiger partial charge < -0.3 is 4.90 Å². The van der Waals surface area contributed by atoms with Crippen molar-refractivity contribution in [2.75, 3.05) is 30.5 Å². The van der Waals surface area contributed by atoms with E-state index < -0.39 is 32.4 Å². The number of anilines is 1. The molecule has 1 saturated heterocycles. The zero-order valence-corrected chi connectivity index (χ0v) is 15.8. The molecule has 0 unspecified atom stereocenters. The van der Waals surface area contributed by atoms with Crippen molar-refractivity contribution in [2.45, 2.75) is 12.2 Å². The summed E-state index contributed by atoms with van der Waals surface area (Å²) < 4.78 is 56.4. The van der Waals surface area contributed by atoms with Crippen molar-refractivity contribution in [3.05, 3.63) is 27.8 Å². The van der Waals surface area contributed by atoms with Crippen LogP contribution >= 0.6 is 22.6 Å². The van der Waals surface area contributed by atoms with E-state index in [0.29, 0.717) is 0 Å². The normalized spacial score (nSPS) is 23.0. The molecule has 0 aliphatic carbocycles. The Balaban J connectivity index is 2.21. The van der Waals surface area contributed by atoms with Crippen molar-refractivity contribution in [1.82, 2.24) is 0 Å². The van der Waals surface area contributed by atoms with Gasteiger partial charge in [-0.15, -0.1) is 0 Å². The Morgan fingerprint density at radius 3 is 1.73 bits per heavy atom. The molecule has 0 amide bonds. The van der Waals surface area contributed by atoms with Gasteiger partial charge in [0.1, 0.15) is 12.2 Å². The lowest BCUT2D eigenvalue weighted by atomic mass is 10.3. The molecular weight excluding hydrogens is 445 g/mol. The summed E-state index contributed by atoms with van der Waals surface area (Å²) in [4.78, 5) is 1.84. The predicted octanol–water partition coefficient (Wildman–Crippen LogP) is 0.801. The van der Waals surface area contributed by atoms with Crippen LogP contribution in [0, 0.1) is 3.57 Å². The summed E-state index contributed by atoms with van der Waals surface area (Å²) in [5.41, 5.74) is 0.849. The van der Waals surface area contributed by atoms with E-state index >= 15 is 0 Å². The van der Waals surface area contributed by atoms with Crippen LogP contribution in [0.3, 0.4) is 0 Å². The molecule has 7 nitrogen and oxygen atoms in total. The van der Waals surface area contributed by atoms with Gasteiger partial charge in [0.25, 0.3) is 20.2 Å². The van der Waals surface area contributed by atoms with Crippen LogP contribution < -0.4 is 4.90 Å². The molecule has 1 fully saturated rings. The maximum atomic E-state index is 11.3. The third-order valence-corrected chi connectivity index (χ3v) is 4.92. The quantitative estimate of drug-likeness (QED) is 0.474. The number of hydrogen-bond acceptors (Lipinski definition) is 7. The molecule has 0 spiro atoms. The average molecular weight is 461 g/mol. The van der Waals surface area contributed by atoms with Crippen LogP contribution in [0.2, 0.25) is 0 Å². The van der Waals surface area contributed by atoms with Crippen LogP contribution in [0.25, 0.3) is 0 Å². The molecule has 1 heterocycles. The first kappa shape index (κ1) is 17.9. The highest BCUT2D eigenvalue weighted by atomic mass is 127. The SMILES string of the molecule is CS(=O)(=O)O[C@H]1CN(c2ccc(I)cc2)C[C@@H]1OS(C)(=O)=O. The number of rotatable bonds is 5. The van der Waals surface area contributed by atoms with Gasteiger partial charge in [-0.1, -0.05) is 0 Å². The fourth-order valence-electron chi connectivity index (χ4n) is 2.24. The molecule has 2 atom stereocenters. The first-order chi connectivity index (χ1) is 10.0. The zero-order chi connectivity index (χ0) is 16.5. The van der Waals surface area contributed by atoms with Crippen molar-refractivity contribution >= 4 is 48.5 Å². The van der Waals surface area contributed by atoms with Gasteiger partial charge in [-0.25, -0.2) is 0 Å². The number of halogens is 1. The van der Waals surface area contributed by atoms with Gasteiger partial charge >= 0.3 is 0 Å². The number of hydrogen-bond donors (Lipinski definition) is 0. The molecule has 1 aromatic rings. The highest BCUT2D eigenvalue weighted by Crippen LogP contribution is 2.26. The third kappa shape index (κ3) is 5.33. The summed E-state index contributed by atoms with van der Waals surface area (Å²) in [7, 11) is -7.42. The van der Waals surface area contributed by atoms with Crippen molar-refractivity contribution in [3.8, 4) is 0 Å². The fourth-order valence-corrected chi connectivity index (χ4v) is 3.87. The molecule has 2 rings (SSSR count). The molecule has 0 aromatic heterocycles. The predicted molar refractivity (Wildman–Crippen MR) is 90.8 cm³/mol. The highest BCUT2D eigenvalue weighted by Gasteiger charge is 2.39. The molecule has 1 aliphatic rings. The van der Waals surface area contributed by atoms with Gasteiger partial charge in [-0.05, 0) is 46.9 Å². The van der Waals surface area contributed by atoms with E-state index in [0.717, 1.165) is 21.8 Å². The second-order valence-electron chi connectivity index (χ2n) is 5.06. The van der Waals surface area contributed by atoms with E-state index in [4.69, 9.17) is 8.37 Å². The molecular formula is C12H16INO6S2. The summed E-state index contributed by atoms with van der Waals surface area (Å²) in [6.45, 7) is 0.460. The summed E-state index contributed by atoms with van der Waals surface area (Å²) in [6, 6.07) is 7.57. The van der Waals surface area contributed by atoms with Crippen molar-refractivity contribution in [2.24, 2.45) is 0 Å². The summed E-state index contributed by atoms with van der Waals surface area (Å²) in [5, 5.41) is 0. The van der Waals surface area contributed by atoms with E-state index in [1.165, 1.54) is 0 Å². The second-order valence-corrected chi connectivity index (χ2v) is 9.51. The summed E-state index contributed by atoms with van der Waals surface area (Å²) in [5.74, 6) is 0. The van der Waals surface area contributed by atoms with Gasteiger partial charge in [0.2, 0.25) is 0 Å². The van der Waals surface area contributed by atoms with Crippen molar-refractivity contribution in [1.29, 1.82) is 0 Å². The zero-order valence-electron chi connectivity index (χ0n) is 12.0. The van der Waals surface area contributed by atoms with E-state index in [1.54, 1.807) is 0 Å². The van der Waals surface area contributed by atoms with Crippen molar-refractivity contribution in [3.63, 3.8) is 0 Å². The van der Waals surface area contributed by atoms with Crippen LogP contribution in [0.4, 0.5) is 5.69 Å². The minimum absolute atomic E-state index is 0.230. The van der Waals surface area contributed by atoms with Crippen LogP contribution in [0.5, 0.6) is 0 Å². The molecule has 124 valence electrons. The third-order valence-electron chi connectivity index (χ3n) is 3.00. The summed E-state index contributed by atoms with van der Waals surface area (Å²) in [6.07, 6.45) is 0.115. The van der Waals surface area contributed by atoms with Crippen LogP contribution in [0.1, 0.15) is 0 Å². The Hall–Kier alpha value is -0.430. The lowest BCUT2D eigenvalue weighted by Gasteiger charge is -2.17. The number of benzene rings is 1. The topological polar surface area (TPSA) is 90.0 Å². The van der Waals surface area contributed by atoms with Crippen molar-refractivity contribution < 1.29 is 25.2 Å². The largest absolute Gasteiger partial charge is 0.366 e. The number of nitrogens with zero attached hydrogens (tertiary/aromatic N) is 1. The molecule has 0 N–H and O–H groups in total. The average Bonchev–Trinajstić information content (AvgIpc) is 2.68. The lowest BCUT2D eigenvalue weighted by Crippen LogP contribution is -2.33. The first-order valence-electron chi connectivity index (χ1n) is 6.30. The molecule has 10 heteroatoms.